The van der Waals surface area contributed by atoms with Gasteiger partial charge in [0.15, 0.2) is 0 Å². The molecule has 1 fully saturated rings. The number of piperidine rings is 1. The summed E-state index contributed by atoms with van der Waals surface area (Å²) in [5.41, 5.74) is 1.22. The zero-order chi connectivity index (χ0) is 25.7. The summed E-state index contributed by atoms with van der Waals surface area (Å²) in [6, 6.07) is 10.4. The van der Waals surface area contributed by atoms with E-state index in [1.54, 1.807) is 37.6 Å². The van der Waals surface area contributed by atoms with Crippen LogP contribution in [0, 0.1) is 23.5 Å². The number of ether oxygens (including phenoxy) is 1. The van der Waals surface area contributed by atoms with Gasteiger partial charge in [-0.25, -0.2) is 13.2 Å². The predicted molar refractivity (Wildman–Crippen MR) is 134 cm³/mol. The molecule has 3 aromatic rings. The highest BCUT2D eigenvalue weighted by Crippen LogP contribution is 2.35. The minimum absolute atomic E-state index is 0.132. The number of rotatable bonds is 10. The van der Waals surface area contributed by atoms with E-state index in [1.807, 2.05) is 4.90 Å². The Morgan fingerprint density at radius 3 is 2.86 bits per heavy atom. The Hall–Kier alpha value is -2.78. The van der Waals surface area contributed by atoms with Gasteiger partial charge in [-0.3, -0.25) is 9.78 Å². The number of carbonyl (C=O) groups is 1. The van der Waals surface area contributed by atoms with Crippen molar-refractivity contribution in [1.82, 2.24) is 9.88 Å². The molecule has 36 heavy (non-hydrogen) atoms. The highest BCUT2D eigenvalue weighted by molar-refractivity contribution is 7.99. The fraction of sp³-hybridized carbons (Fsp3) is 0.407. The van der Waals surface area contributed by atoms with Gasteiger partial charge in [0.1, 0.15) is 23.6 Å². The number of alkyl halides is 1. The van der Waals surface area contributed by atoms with E-state index in [1.165, 1.54) is 17.8 Å². The molecular weight excluding hydrogens is 489 g/mol. The molecular formula is C27H29F3N2O3S. The summed E-state index contributed by atoms with van der Waals surface area (Å²) in [5.74, 6) is -1.43. The van der Waals surface area contributed by atoms with Crippen LogP contribution in [0.2, 0.25) is 0 Å². The van der Waals surface area contributed by atoms with Gasteiger partial charge in [-0.2, -0.15) is 0 Å². The van der Waals surface area contributed by atoms with E-state index in [0.717, 1.165) is 12.1 Å². The first-order valence-corrected chi connectivity index (χ1v) is 12.9. The Bertz CT molecular complexity index is 1210. The lowest BCUT2D eigenvalue weighted by Crippen LogP contribution is -2.44. The third-order valence-corrected chi connectivity index (χ3v) is 7.84. The molecule has 0 amide bonds. The van der Waals surface area contributed by atoms with Gasteiger partial charge in [0, 0.05) is 35.3 Å². The first-order chi connectivity index (χ1) is 17.4. The van der Waals surface area contributed by atoms with Crippen LogP contribution in [0.4, 0.5) is 13.2 Å². The minimum atomic E-state index is -1.24. The number of thioether (sulfide) groups is 1. The molecule has 2 heterocycles. The standard InChI is InChI=1S/C27H29F3N2O3S/c1-35-19-4-7-25-21(15-19)20(8-10-31-25)23(29)5-2-17-9-11-32(16-22(17)27(33)34)12-13-36-26-14-18(28)3-6-24(26)30/h3-4,6-8,10,14-15,17,22-23H,2,5,9,11-13,16H2,1H3,(H,33,34)/t17-,22+,23+/m1/s1. The van der Waals surface area contributed by atoms with Crippen LogP contribution in [0.5, 0.6) is 5.75 Å². The van der Waals surface area contributed by atoms with Gasteiger partial charge in [0.2, 0.25) is 0 Å². The first kappa shape index (κ1) is 26.3. The zero-order valence-corrected chi connectivity index (χ0v) is 20.8. The van der Waals surface area contributed by atoms with E-state index in [0.29, 0.717) is 60.4 Å². The van der Waals surface area contributed by atoms with Crippen molar-refractivity contribution >= 4 is 28.6 Å². The highest BCUT2D eigenvalue weighted by Gasteiger charge is 2.34. The molecule has 1 saturated heterocycles. The molecule has 1 aromatic heterocycles. The van der Waals surface area contributed by atoms with Gasteiger partial charge < -0.3 is 14.7 Å². The third kappa shape index (κ3) is 6.31. The van der Waals surface area contributed by atoms with Crippen LogP contribution in [0.3, 0.4) is 0 Å². The SMILES string of the molecule is COc1ccc2nccc([C@@H](F)CC[C@@H]3CCN(CCSc4cc(F)ccc4F)C[C@@H]3C(=O)O)c2c1. The van der Waals surface area contributed by atoms with Gasteiger partial charge in [-0.1, -0.05) is 0 Å². The van der Waals surface area contributed by atoms with Crippen LogP contribution >= 0.6 is 11.8 Å². The summed E-state index contributed by atoms with van der Waals surface area (Å²) in [5, 5.41) is 10.5. The third-order valence-electron chi connectivity index (χ3n) is 6.83. The van der Waals surface area contributed by atoms with Crippen molar-refractivity contribution in [2.75, 3.05) is 32.5 Å². The first-order valence-electron chi connectivity index (χ1n) is 12.0. The largest absolute Gasteiger partial charge is 0.497 e. The van der Waals surface area contributed by atoms with Crippen LogP contribution < -0.4 is 4.74 Å². The number of hydrogen-bond acceptors (Lipinski definition) is 5. The van der Waals surface area contributed by atoms with Gasteiger partial charge in [0.05, 0.1) is 18.5 Å². The summed E-state index contributed by atoms with van der Waals surface area (Å²) in [7, 11) is 1.56. The summed E-state index contributed by atoms with van der Waals surface area (Å²) in [6.07, 6.45) is 1.67. The van der Waals surface area contributed by atoms with Crippen molar-refractivity contribution in [3.8, 4) is 5.75 Å². The molecule has 1 aliphatic heterocycles. The number of carboxylic acids is 1. The number of benzene rings is 2. The molecule has 1 N–H and O–H groups in total. The van der Waals surface area contributed by atoms with Crippen LogP contribution in [0.1, 0.15) is 31.0 Å². The highest BCUT2D eigenvalue weighted by atomic mass is 32.2. The lowest BCUT2D eigenvalue weighted by Gasteiger charge is -2.36. The van der Waals surface area contributed by atoms with Crippen molar-refractivity contribution in [2.24, 2.45) is 11.8 Å². The number of fused-ring (bicyclic) bond motifs is 1. The maximum absolute atomic E-state index is 15.4. The topological polar surface area (TPSA) is 62.7 Å². The second kappa shape index (κ2) is 12.0. The van der Waals surface area contributed by atoms with Crippen molar-refractivity contribution in [3.05, 3.63) is 65.9 Å². The molecule has 0 saturated carbocycles. The number of methoxy groups -OCH3 is 1. The number of hydrogen-bond donors (Lipinski definition) is 1. The Labute approximate surface area is 212 Å². The molecule has 3 atom stereocenters. The molecule has 0 spiro atoms. The van der Waals surface area contributed by atoms with Crippen LogP contribution in [-0.4, -0.2) is 53.5 Å². The van der Waals surface area contributed by atoms with Crippen molar-refractivity contribution in [1.29, 1.82) is 0 Å². The molecule has 5 nitrogen and oxygen atoms in total. The van der Waals surface area contributed by atoms with Crippen molar-refractivity contribution < 1.29 is 27.8 Å². The number of likely N-dealkylation sites (tertiary alicyclic amines) is 1. The Kier molecular flexibility index (Phi) is 8.74. The fourth-order valence-corrected chi connectivity index (χ4v) is 5.80. The van der Waals surface area contributed by atoms with E-state index < -0.39 is 29.7 Å². The summed E-state index contributed by atoms with van der Waals surface area (Å²) < 4.78 is 47.8. The predicted octanol–water partition coefficient (Wildman–Crippen LogP) is 6.13. The monoisotopic (exact) mass is 518 g/mol. The van der Waals surface area contributed by atoms with Gasteiger partial charge in [0.25, 0.3) is 0 Å². The number of carboxylic acid groups (broad SMARTS) is 1. The van der Waals surface area contributed by atoms with E-state index >= 15 is 4.39 Å². The second-order valence-corrected chi connectivity index (χ2v) is 10.2. The minimum Gasteiger partial charge on any atom is -0.497 e. The Morgan fingerprint density at radius 1 is 1.25 bits per heavy atom. The van der Waals surface area contributed by atoms with Crippen LogP contribution in [0.15, 0.2) is 53.6 Å². The molecule has 0 radical (unpaired) electrons. The molecule has 2 aromatic carbocycles. The van der Waals surface area contributed by atoms with Crippen molar-refractivity contribution in [3.63, 3.8) is 0 Å². The Balaban J connectivity index is 1.33. The number of aromatic nitrogens is 1. The van der Waals surface area contributed by atoms with Gasteiger partial charge in [-0.05, 0) is 79.8 Å². The number of nitrogens with zero attached hydrogens (tertiary/aromatic N) is 2. The second-order valence-electron chi connectivity index (χ2n) is 9.05. The smallest absolute Gasteiger partial charge is 0.308 e. The molecule has 0 bridgehead atoms. The quantitative estimate of drug-likeness (QED) is 0.326. The Morgan fingerprint density at radius 2 is 2.08 bits per heavy atom. The number of pyridine rings is 1. The zero-order valence-electron chi connectivity index (χ0n) is 20.0. The van der Waals surface area contributed by atoms with E-state index in [4.69, 9.17) is 4.74 Å². The molecule has 9 heteroatoms. The molecule has 192 valence electrons. The summed E-state index contributed by atoms with van der Waals surface area (Å²) in [4.78, 5) is 18.6. The molecule has 1 aliphatic rings. The van der Waals surface area contributed by atoms with E-state index in [-0.39, 0.29) is 17.2 Å². The van der Waals surface area contributed by atoms with Gasteiger partial charge >= 0.3 is 5.97 Å². The number of aliphatic carboxylic acids is 1. The van der Waals surface area contributed by atoms with E-state index in [9.17, 15) is 18.7 Å². The maximum Gasteiger partial charge on any atom is 0.308 e. The number of halogens is 3. The lowest BCUT2D eigenvalue weighted by atomic mass is 9.81. The fourth-order valence-electron chi connectivity index (χ4n) is 4.83. The van der Waals surface area contributed by atoms with Crippen LogP contribution in [0.25, 0.3) is 10.9 Å². The maximum atomic E-state index is 15.4. The van der Waals surface area contributed by atoms with Crippen LogP contribution in [-0.2, 0) is 4.79 Å². The summed E-state index contributed by atoms with van der Waals surface area (Å²) in [6.45, 7) is 1.61. The van der Waals surface area contributed by atoms with Gasteiger partial charge in [-0.15, -0.1) is 11.8 Å². The normalized spacial score (nSPS) is 19.3. The molecule has 0 unspecified atom stereocenters. The average Bonchev–Trinajstić information content (AvgIpc) is 2.88. The summed E-state index contributed by atoms with van der Waals surface area (Å²) >= 11 is 1.21. The molecule has 4 rings (SSSR count). The van der Waals surface area contributed by atoms with E-state index in [2.05, 4.69) is 4.98 Å². The average molecular weight is 519 g/mol. The lowest BCUT2D eigenvalue weighted by molar-refractivity contribution is -0.146. The molecule has 0 aliphatic carbocycles. The van der Waals surface area contributed by atoms with Crippen molar-refractivity contribution in [2.45, 2.75) is 30.3 Å².